The standard InChI is InChI=1S/C24H30F5N3O2/c1-16-19(21(33)30-18-7-5-6-17(12-18)24(27,28)29)13-20(22(2,3)4)32(16)15-23(25,26)14-31-8-10-34-11-9-31/h5-7,12-13H,8-11,14-15H2,1-4H3,(H,30,33). The molecule has 2 heterocycles. The van der Waals surface area contributed by atoms with Crippen LogP contribution in [0.25, 0.3) is 0 Å². The summed E-state index contributed by atoms with van der Waals surface area (Å²) in [5, 5.41) is 2.47. The third-order valence-electron chi connectivity index (χ3n) is 5.78. The molecule has 1 aromatic heterocycles. The molecule has 0 atom stereocenters. The number of hydrogen-bond acceptors (Lipinski definition) is 3. The quantitative estimate of drug-likeness (QED) is 0.560. The maximum absolute atomic E-state index is 15.0. The zero-order valence-corrected chi connectivity index (χ0v) is 19.7. The van der Waals surface area contributed by atoms with E-state index in [1.807, 2.05) is 20.8 Å². The molecule has 10 heteroatoms. The molecule has 0 unspecified atom stereocenters. The topological polar surface area (TPSA) is 46.5 Å². The van der Waals surface area contributed by atoms with Crippen LogP contribution in [-0.4, -0.2) is 54.1 Å². The largest absolute Gasteiger partial charge is 0.416 e. The maximum Gasteiger partial charge on any atom is 0.416 e. The number of ether oxygens (including phenoxy) is 1. The summed E-state index contributed by atoms with van der Waals surface area (Å²) in [6, 6.07) is 5.84. The molecule has 1 aliphatic heterocycles. The van der Waals surface area contributed by atoms with E-state index in [9.17, 15) is 18.0 Å². The van der Waals surface area contributed by atoms with Crippen LogP contribution in [0.15, 0.2) is 30.3 Å². The van der Waals surface area contributed by atoms with Crippen molar-refractivity contribution in [2.75, 3.05) is 38.2 Å². The highest BCUT2D eigenvalue weighted by molar-refractivity contribution is 6.05. The lowest BCUT2D eigenvalue weighted by Gasteiger charge is -2.32. The van der Waals surface area contributed by atoms with Gasteiger partial charge in [0.05, 0.1) is 37.4 Å². The van der Waals surface area contributed by atoms with Crippen LogP contribution in [0.4, 0.5) is 27.6 Å². The number of amides is 1. The Labute approximate surface area is 195 Å². The smallest absolute Gasteiger partial charge is 0.379 e. The average Bonchev–Trinajstić information content (AvgIpc) is 3.04. The summed E-state index contributed by atoms with van der Waals surface area (Å²) < 4.78 is 75.8. The normalized spacial score (nSPS) is 16.0. The number of hydrogen-bond donors (Lipinski definition) is 1. The lowest BCUT2D eigenvalue weighted by atomic mass is 9.91. The second kappa shape index (κ2) is 9.65. The highest BCUT2D eigenvalue weighted by Crippen LogP contribution is 2.33. The first-order valence-electron chi connectivity index (χ1n) is 11.0. The van der Waals surface area contributed by atoms with E-state index in [0.29, 0.717) is 37.7 Å². The minimum absolute atomic E-state index is 0.0260. The summed E-state index contributed by atoms with van der Waals surface area (Å²) in [5.41, 5.74) is -0.449. The van der Waals surface area contributed by atoms with Gasteiger partial charge in [-0.15, -0.1) is 0 Å². The first-order chi connectivity index (χ1) is 15.7. The Balaban J connectivity index is 1.87. The Morgan fingerprint density at radius 2 is 1.68 bits per heavy atom. The van der Waals surface area contributed by atoms with Crippen LogP contribution < -0.4 is 5.32 Å². The fourth-order valence-corrected chi connectivity index (χ4v) is 4.04. The zero-order valence-electron chi connectivity index (χ0n) is 19.7. The number of alkyl halides is 5. The average molecular weight is 488 g/mol. The molecular weight excluding hydrogens is 457 g/mol. The Morgan fingerprint density at radius 1 is 1.03 bits per heavy atom. The summed E-state index contributed by atoms with van der Waals surface area (Å²) in [6.07, 6.45) is -4.55. The van der Waals surface area contributed by atoms with Crippen molar-refractivity contribution < 1.29 is 31.5 Å². The van der Waals surface area contributed by atoms with Crippen molar-refractivity contribution in [1.29, 1.82) is 0 Å². The molecule has 0 radical (unpaired) electrons. The Morgan fingerprint density at radius 3 is 2.26 bits per heavy atom. The van der Waals surface area contributed by atoms with Gasteiger partial charge in [-0.05, 0) is 31.2 Å². The molecule has 0 bridgehead atoms. The van der Waals surface area contributed by atoms with E-state index < -0.39 is 42.1 Å². The molecule has 1 aromatic carbocycles. The molecule has 0 aliphatic carbocycles. The van der Waals surface area contributed by atoms with Crippen molar-refractivity contribution in [2.24, 2.45) is 0 Å². The number of rotatable bonds is 6. The van der Waals surface area contributed by atoms with Crippen molar-refractivity contribution in [3.8, 4) is 0 Å². The summed E-state index contributed by atoms with van der Waals surface area (Å²) in [4.78, 5) is 14.6. The van der Waals surface area contributed by atoms with Crippen molar-refractivity contribution in [1.82, 2.24) is 9.47 Å². The van der Waals surface area contributed by atoms with Gasteiger partial charge in [-0.25, -0.2) is 8.78 Å². The molecule has 0 spiro atoms. The third-order valence-corrected chi connectivity index (χ3v) is 5.78. The molecule has 0 saturated carbocycles. The number of carbonyl (C=O) groups excluding carboxylic acids is 1. The first-order valence-corrected chi connectivity index (χ1v) is 11.0. The number of anilines is 1. The van der Waals surface area contributed by atoms with Crippen molar-refractivity contribution >= 4 is 11.6 Å². The van der Waals surface area contributed by atoms with E-state index in [0.717, 1.165) is 12.1 Å². The predicted octanol–water partition coefficient (Wildman–Crippen LogP) is 5.33. The van der Waals surface area contributed by atoms with Crippen LogP contribution in [0.1, 0.15) is 48.1 Å². The van der Waals surface area contributed by atoms with Crippen LogP contribution in [0.3, 0.4) is 0 Å². The number of benzene rings is 1. The molecule has 1 amide bonds. The number of morpholine rings is 1. The maximum atomic E-state index is 15.0. The molecule has 3 rings (SSSR count). The van der Waals surface area contributed by atoms with Gasteiger partial charge in [-0.2, -0.15) is 13.2 Å². The molecule has 1 fully saturated rings. The molecule has 1 saturated heterocycles. The number of halogens is 5. The Kier molecular flexibility index (Phi) is 7.43. The molecule has 1 aliphatic rings. The minimum Gasteiger partial charge on any atom is -0.379 e. The number of nitrogens with one attached hydrogen (secondary N) is 1. The third kappa shape index (κ3) is 6.35. The van der Waals surface area contributed by atoms with Crippen LogP contribution in [0, 0.1) is 6.92 Å². The van der Waals surface area contributed by atoms with E-state index in [4.69, 9.17) is 4.74 Å². The van der Waals surface area contributed by atoms with Gasteiger partial charge in [0.1, 0.15) is 0 Å². The van der Waals surface area contributed by atoms with E-state index >= 15 is 8.78 Å². The van der Waals surface area contributed by atoms with Crippen LogP contribution in [0.5, 0.6) is 0 Å². The van der Waals surface area contributed by atoms with E-state index in [1.54, 1.807) is 17.9 Å². The molecule has 34 heavy (non-hydrogen) atoms. The zero-order chi connectivity index (χ0) is 25.3. The van der Waals surface area contributed by atoms with E-state index in [-0.39, 0.29) is 11.3 Å². The predicted molar refractivity (Wildman–Crippen MR) is 119 cm³/mol. The summed E-state index contributed by atoms with van der Waals surface area (Å²) in [6.45, 7) is 7.77. The van der Waals surface area contributed by atoms with E-state index in [2.05, 4.69) is 5.32 Å². The Hall–Kier alpha value is -2.46. The van der Waals surface area contributed by atoms with Gasteiger partial charge in [-0.1, -0.05) is 26.8 Å². The number of aromatic nitrogens is 1. The lowest BCUT2D eigenvalue weighted by molar-refractivity contribution is -0.137. The van der Waals surface area contributed by atoms with Crippen LogP contribution in [0.2, 0.25) is 0 Å². The monoisotopic (exact) mass is 487 g/mol. The number of nitrogens with zero attached hydrogens (tertiary/aromatic N) is 2. The number of carbonyl (C=O) groups is 1. The summed E-state index contributed by atoms with van der Waals surface area (Å²) >= 11 is 0. The van der Waals surface area contributed by atoms with Gasteiger partial charge >= 0.3 is 6.18 Å². The second-order valence-corrected chi connectivity index (χ2v) is 9.64. The van der Waals surface area contributed by atoms with Gasteiger partial charge in [0.25, 0.3) is 11.8 Å². The minimum atomic E-state index is -4.55. The molecular formula is C24H30F5N3O2. The Bertz CT molecular complexity index is 1020. The van der Waals surface area contributed by atoms with Gasteiger partial charge in [0, 0.05) is 35.6 Å². The van der Waals surface area contributed by atoms with Crippen molar-refractivity contribution in [2.45, 2.75) is 51.8 Å². The summed E-state index contributed by atoms with van der Waals surface area (Å²) in [7, 11) is 0. The van der Waals surface area contributed by atoms with Crippen LogP contribution in [-0.2, 0) is 22.9 Å². The van der Waals surface area contributed by atoms with Gasteiger partial charge in [0.15, 0.2) is 0 Å². The lowest BCUT2D eigenvalue weighted by Crippen LogP contribution is -2.45. The molecule has 5 nitrogen and oxygen atoms in total. The van der Waals surface area contributed by atoms with Gasteiger partial charge in [-0.3, -0.25) is 9.69 Å². The molecule has 1 N–H and O–H groups in total. The molecule has 2 aromatic rings. The second-order valence-electron chi connectivity index (χ2n) is 9.64. The van der Waals surface area contributed by atoms with Gasteiger partial charge < -0.3 is 14.6 Å². The first kappa shape index (κ1) is 26.2. The highest BCUT2D eigenvalue weighted by atomic mass is 19.4. The fourth-order valence-electron chi connectivity index (χ4n) is 4.04. The fraction of sp³-hybridized carbons (Fsp3) is 0.542. The highest BCUT2D eigenvalue weighted by Gasteiger charge is 2.36. The molecule has 188 valence electrons. The van der Waals surface area contributed by atoms with Crippen LogP contribution >= 0.6 is 0 Å². The van der Waals surface area contributed by atoms with Crippen molar-refractivity contribution in [3.63, 3.8) is 0 Å². The van der Waals surface area contributed by atoms with E-state index in [1.165, 1.54) is 16.7 Å². The summed E-state index contributed by atoms with van der Waals surface area (Å²) in [5.74, 6) is -3.71. The van der Waals surface area contributed by atoms with Crippen molar-refractivity contribution in [3.05, 3.63) is 52.8 Å². The van der Waals surface area contributed by atoms with Gasteiger partial charge in [0.2, 0.25) is 0 Å². The SMILES string of the molecule is Cc1c(C(=O)Nc2cccc(C(F)(F)F)c2)cc(C(C)(C)C)n1CC(F)(F)CN1CCOCC1.